The van der Waals surface area contributed by atoms with Crippen LogP contribution in [0.2, 0.25) is 5.02 Å². The van der Waals surface area contributed by atoms with E-state index < -0.39 is 5.97 Å². The molecule has 0 amide bonds. The lowest BCUT2D eigenvalue weighted by Gasteiger charge is -2.11. The molecule has 0 aliphatic heterocycles. The molecule has 0 unspecified atom stereocenters. The number of Topliss-reactive ketones (excluding diaryl/α,β-unsaturated/α-hetero) is 1. The van der Waals surface area contributed by atoms with E-state index in [2.05, 4.69) is 0 Å². The fourth-order valence-corrected chi connectivity index (χ4v) is 2.28. The molecular weight excluding hydrogens is 304 g/mol. The standard InChI is InChI=1S/C17H15ClO4/c1-11(19)15-7-6-14(8-13(15)9-17(20)21)22-10-12-4-2-3-5-16(12)18/h2-8H,9-10H2,1H3,(H,20,21). The van der Waals surface area contributed by atoms with Gasteiger partial charge in [0.1, 0.15) is 12.4 Å². The van der Waals surface area contributed by atoms with Crippen LogP contribution in [0, 0.1) is 0 Å². The molecule has 0 saturated heterocycles. The van der Waals surface area contributed by atoms with Gasteiger partial charge in [0.05, 0.1) is 6.42 Å². The highest BCUT2D eigenvalue weighted by Crippen LogP contribution is 2.22. The predicted molar refractivity (Wildman–Crippen MR) is 83.6 cm³/mol. The van der Waals surface area contributed by atoms with E-state index in [4.69, 9.17) is 21.4 Å². The molecule has 1 N–H and O–H groups in total. The molecule has 0 fully saturated rings. The third kappa shape index (κ3) is 4.09. The fourth-order valence-electron chi connectivity index (χ4n) is 2.09. The van der Waals surface area contributed by atoms with Gasteiger partial charge >= 0.3 is 5.97 Å². The van der Waals surface area contributed by atoms with E-state index in [1.54, 1.807) is 24.3 Å². The van der Waals surface area contributed by atoms with Crippen molar-refractivity contribution < 1.29 is 19.4 Å². The van der Waals surface area contributed by atoms with Crippen molar-refractivity contribution in [1.29, 1.82) is 0 Å². The average molecular weight is 319 g/mol. The second-order valence-electron chi connectivity index (χ2n) is 4.83. The molecule has 2 aromatic carbocycles. The van der Waals surface area contributed by atoms with Gasteiger partial charge in [0, 0.05) is 16.1 Å². The highest BCUT2D eigenvalue weighted by molar-refractivity contribution is 6.31. The normalized spacial score (nSPS) is 10.3. The van der Waals surface area contributed by atoms with E-state index in [9.17, 15) is 9.59 Å². The number of aliphatic carboxylic acids is 1. The number of hydrogen-bond donors (Lipinski definition) is 1. The summed E-state index contributed by atoms with van der Waals surface area (Å²) < 4.78 is 5.64. The third-order valence-corrected chi connectivity index (χ3v) is 3.52. The Morgan fingerprint density at radius 3 is 2.50 bits per heavy atom. The number of rotatable bonds is 6. The van der Waals surface area contributed by atoms with Gasteiger partial charge in [0.25, 0.3) is 0 Å². The van der Waals surface area contributed by atoms with Crippen LogP contribution in [-0.4, -0.2) is 16.9 Å². The first-order chi connectivity index (χ1) is 10.5. The maximum atomic E-state index is 11.5. The lowest BCUT2D eigenvalue weighted by molar-refractivity contribution is -0.136. The maximum absolute atomic E-state index is 11.5. The third-order valence-electron chi connectivity index (χ3n) is 3.15. The number of carboxylic acids is 1. The molecule has 0 aromatic heterocycles. The highest BCUT2D eigenvalue weighted by atomic mass is 35.5. The van der Waals surface area contributed by atoms with E-state index in [1.165, 1.54) is 6.92 Å². The van der Waals surface area contributed by atoms with Crippen molar-refractivity contribution in [3.8, 4) is 5.75 Å². The summed E-state index contributed by atoms with van der Waals surface area (Å²) >= 11 is 6.06. The van der Waals surface area contributed by atoms with Gasteiger partial charge in [-0.2, -0.15) is 0 Å². The summed E-state index contributed by atoms with van der Waals surface area (Å²) in [7, 11) is 0. The van der Waals surface area contributed by atoms with Crippen LogP contribution in [0.5, 0.6) is 5.75 Å². The minimum atomic E-state index is -0.995. The summed E-state index contributed by atoms with van der Waals surface area (Å²) in [5, 5.41) is 9.54. The number of carboxylic acid groups (broad SMARTS) is 1. The molecule has 2 aromatic rings. The quantitative estimate of drug-likeness (QED) is 0.824. The smallest absolute Gasteiger partial charge is 0.307 e. The van der Waals surface area contributed by atoms with Crippen LogP contribution in [0.4, 0.5) is 0 Å². The van der Waals surface area contributed by atoms with Crippen molar-refractivity contribution >= 4 is 23.4 Å². The molecule has 4 nitrogen and oxygen atoms in total. The fraction of sp³-hybridized carbons (Fsp3) is 0.176. The topological polar surface area (TPSA) is 63.6 Å². The van der Waals surface area contributed by atoms with E-state index in [0.717, 1.165) is 5.56 Å². The van der Waals surface area contributed by atoms with Crippen LogP contribution in [0.3, 0.4) is 0 Å². The molecule has 0 spiro atoms. The Balaban J connectivity index is 2.19. The van der Waals surface area contributed by atoms with Crippen LogP contribution in [-0.2, 0) is 17.8 Å². The molecule has 2 rings (SSSR count). The van der Waals surface area contributed by atoms with E-state index >= 15 is 0 Å². The Labute approximate surface area is 133 Å². The average Bonchev–Trinajstić information content (AvgIpc) is 2.45. The number of halogens is 1. The Hall–Kier alpha value is -2.33. The Bertz CT molecular complexity index is 710. The number of hydrogen-bond acceptors (Lipinski definition) is 3. The highest BCUT2D eigenvalue weighted by Gasteiger charge is 2.12. The molecule has 5 heteroatoms. The van der Waals surface area contributed by atoms with E-state index in [-0.39, 0.29) is 18.8 Å². The summed E-state index contributed by atoms with van der Waals surface area (Å²) in [6.07, 6.45) is -0.224. The number of carbonyl (C=O) groups is 2. The molecule has 0 aliphatic rings. The Morgan fingerprint density at radius 2 is 1.86 bits per heavy atom. The van der Waals surface area contributed by atoms with Crippen molar-refractivity contribution in [2.24, 2.45) is 0 Å². The van der Waals surface area contributed by atoms with Crippen molar-refractivity contribution in [2.45, 2.75) is 20.0 Å². The lowest BCUT2D eigenvalue weighted by atomic mass is 10.0. The molecule has 0 aliphatic carbocycles. The maximum Gasteiger partial charge on any atom is 0.307 e. The first-order valence-corrected chi connectivity index (χ1v) is 7.07. The van der Waals surface area contributed by atoms with Crippen LogP contribution in [0.1, 0.15) is 28.4 Å². The van der Waals surface area contributed by atoms with Gasteiger partial charge in [-0.05, 0) is 36.8 Å². The van der Waals surface area contributed by atoms with Crippen LogP contribution in [0.15, 0.2) is 42.5 Å². The molecule has 0 bridgehead atoms. The van der Waals surface area contributed by atoms with Crippen LogP contribution >= 0.6 is 11.6 Å². The van der Waals surface area contributed by atoms with Gasteiger partial charge < -0.3 is 9.84 Å². The molecule has 0 saturated carbocycles. The van der Waals surface area contributed by atoms with Crippen LogP contribution in [0.25, 0.3) is 0 Å². The van der Waals surface area contributed by atoms with Gasteiger partial charge in [0.2, 0.25) is 0 Å². The Kier molecular flexibility index (Phi) is 5.17. The summed E-state index contributed by atoms with van der Waals surface area (Å²) in [4.78, 5) is 22.4. The molecule has 0 heterocycles. The zero-order valence-electron chi connectivity index (χ0n) is 12.0. The SMILES string of the molecule is CC(=O)c1ccc(OCc2ccccc2Cl)cc1CC(=O)O. The summed E-state index contributed by atoms with van der Waals surface area (Å²) in [5.74, 6) is -0.666. The van der Waals surface area contributed by atoms with Gasteiger partial charge in [-0.25, -0.2) is 0 Å². The van der Waals surface area contributed by atoms with Gasteiger partial charge in [-0.15, -0.1) is 0 Å². The monoisotopic (exact) mass is 318 g/mol. The number of ketones is 1. The molecule has 114 valence electrons. The van der Waals surface area contributed by atoms with Crippen molar-refractivity contribution in [1.82, 2.24) is 0 Å². The summed E-state index contributed by atoms with van der Waals surface area (Å²) in [5.41, 5.74) is 1.67. The number of benzene rings is 2. The van der Waals surface area contributed by atoms with Gasteiger partial charge in [-0.3, -0.25) is 9.59 Å². The first-order valence-electron chi connectivity index (χ1n) is 6.69. The molecule has 0 atom stereocenters. The van der Waals surface area contributed by atoms with Gasteiger partial charge in [0.15, 0.2) is 5.78 Å². The largest absolute Gasteiger partial charge is 0.489 e. The van der Waals surface area contributed by atoms with Crippen molar-refractivity contribution in [3.63, 3.8) is 0 Å². The Morgan fingerprint density at radius 1 is 1.14 bits per heavy atom. The first kappa shape index (κ1) is 16.0. The van der Waals surface area contributed by atoms with Crippen molar-refractivity contribution in [3.05, 3.63) is 64.2 Å². The second kappa shape index (κ2) is 7.09. The predicted octanol–water partition coefficient (Wildman–Crippen LogP) is 3.75. The number of ether oxygens (including phenoxy) is 1. The number of carbonyl (C=O) groups excluding carboxylic acids is 1. The summed E-state index contributed by atoms with van der Waals surface area (Å²) in [6, 6.07) is 12.1. The lowest BCUT2D eigenvalue weighted by Crippen LogP contribution is -2.07. The van der Waals surface area contributed by atoms with E-state index in [0.29, 0.717) is 21.9 Å². The minimum Gasteiger partial charge on any atom is -0.489 e. The molecule has 22 heavy (non-hydrogen) atoms. The zero-order valence-corrected chi connectivity index (χ0v) is 12.8. The summed E-state index contributed by atoms with van der Waals surface area (Å²) in [6.45, 7) is 1.68. The molecule has 0 radical (unpaired) electrons. The second-order valence-corrected chi connectivity index (χ2v) is 5.23. The van der Waals surface area contributed by atoms with Gasteiger partial charge in [-0.1, -0.05) is 29.8 Å². The van der Waals surface area contributed by atoms with E-state index in [1.807, 2.05) is 18.2 Å². The molecular formula is C17H15ClO4. The van der Waals surface area contributed by atoms with Crippen molar-refractivity contribution in [2.75, 3.05) is 0 Å². The minimum absolute atomic E-state index is 0.172. The zero-order chi connectivity index (χ0) is 16.1. The van der Waals surface area contributed by atoms with Crippen LogP contribution < -0.4 is 4.74 Å².